The third-order valence-electron chi connectivity index (χ3n) is 18.6. The molecule has 2 bridgehead atoms. The summed E-state index contributed by atoms with van der Waals surface area (Å²) >= 11 is 0. The lowest BCUT2D eigenvalue weighted by Gasteiger charge is -2.70. The Morgan fingerprint density at radius 1 is 1.06 bits per heavy atom. The van der Waals surface area contributed by atoms with Crippen molar-refractivity contribution in [3.05, 3.63) is 36.0 Å². The van der Waals surface area contributed by atoms with Crippen molar-refractivity contribution in [3.63, 3.8) is 0 Å². The van der Waals surface area contributed by atoms with Crippen LogP contribution in [-0.4, -0.2) is 85.7 Å². The predicted molar refractivity (Wildman–Crippen MR) is 204 cm³/mol. The molecule has 4 saturated carbocycles. The first-order valence-electron chi connectivity index (χ1n) is 22.0. The number of aliphatic hydroxyl groups is 5. The molecular formula is C45H69N2O7+. The Hall–Kier alpha value is -1.43. The van der Waals surface area contributed by atoms with Crippen LogP contribution < -0.4 is 11.1 Å². The Kier molecular flexibility index (Phi) is 9.02. The van der Waals surface area contributed by atoms with Crippen molar-refractivity contribution >= 4 is 5.78 Å². The molecule has 0 amide bonds. The van der Waals surface area contributed by atoms with Gasteiger partial charge in [0.15, 0.2) is 5.78 Å². The van der Waals surface area contributed by atoms with E-state index in [4.69, 9.17) is 10.5 Å². The van der Waals surface area contributed by atoms with Gasteiger partial charge in [0.05, 0.1) is 42.2 Å². The number of ketones is 1. The lowest BCUT2D eigenvalue weighted by Crippen LogP contribution is -2.95. The highest BCUT2D eigenvalue weighted by Gasteiger charge is 2.78. The molecular weight excluding hydrogens is 681 g/mol. The zero-order valence-electron chi connectivity index (χ0n) is 33.2. The van der Waals surface area contributed by atoms with Crippen LogP contribution in [0.4, 0.5) is 0 Å². The van der Waals surface area contributed by atoms with Crippen molar-refractivity contribution in [2.24, 2.45) is 68.8 Å². The first-order valence-corrected chi connectivity index (χ1v) is 22.0. The minimum atomic E-state index is -1.55. The van der Waals surface area contributed by atoms with Crippen LogP contribution in [0.1, 0.15) is 118 Å². The molecule has 0 aromatic rings. The molecule has 0 radical (unpaired) electrons. The molecule has 2 heterocycles. The first-order chi connectivity index (χ1) is 25.6. The molecule has 0 aromatic heterocycles. The smallest absolute Gasteiger partial charge is 0.159 e. The van der Waals surface area contributed by atoms with Gasteiger partial charge in [-0.1, -0.05) is 64.3 Å². The summed E-state index contributed by atoms with van der Waals surface area (Å²) in [5.74, 6) is 0.410. The van der Waals surface area contributed by atoms with Crippen LogP contribution in [0.2, 0.25) is 0 Å². The van der Waals surface area contributed by atoms with Gasteiger partial charge in [-0.3, -0.25) is 10.5 Å². The van der Waals surface area contributed by atoms with Crippen LogP contribution in [0, 0.1) is 63.1 Å². The molecule has 8 aliphatic carbocycles. The highest BCUT2D eigenvalue weighted by Crippen LogP contribution is 2.79. The van der Waals surface area contributed by atoms with E-state index in [1.54, 1.807) is 13.0 Å². The van der Waals surface area contributed by atoms with Gasteiger partial charge < -0.3 is 35.6 Å². The summed E-state index contributed by atoms with van der Waals surface area (Å²) in [6.07, 6.45) is 19.3. The third-order valence-corrected chi connectivity index (χ3v) is 18.6. The molecule has 19 atom stereocenters. The fourth-order valence-electron chi connectivity index (χ4n) is 15.8. The largest absolute Gasteiger partial charge is 0.390 e. The second kappa shape index (κ2) is 12.8. The van der Waals surface area contributed by atoms with E-state index in [0.29, 0.717) is 43.9 Å². The van der Waals surface area contributed by atoms with E-state index < -0.39 is 63.7 Å². The van der Waals surface area contributed by atoms with E-state index in [0.717, 1.165) is 50.1 Å². The molecule has 300 valence electrons. The summed E-state index contributed by atoms with van der Waals surface area (Å²) in [5.41, 5.74) is 1.50. The van der Waals surface area contributed by atoms with Gasteiger partial charge in [-0.25, -0.2) is 0 Å². The Bertz CT molecular complexity index is 1600. The van der Waals surface area contributed by atoms with Gasteiger partial charge in [0, 0.05) is 34.5 Å². The monoisotopic (exact) mass is 750 g/mol. The van der Waals surface area contributed by atoms with Crippen molar-refractivity contribution in [1.29, 1.82) is 0 Å². The zero-order valence-corrected chi connectivity index (χ0v) is 33.2. The number of fused-ring (bicyclic) bond motifs is 3. The summed E-state index contributed by atoms with van der Waals surface area (Å²) in [7, 11) is 0. The third kappa shape index (κ3) is 4.94. The standard InChI is InChI=1S/C45H68N2O7/c1-5-6-26-7-10-29-25(2)38(54-34(29)11-8-26)39(51)41(4,52)35-14-16-45(53)36-20-31(48)30-19-32(49)33(50)22-43(30)24-42(28-9-12-37(46)47-23-28)15-13-27(21-40(35,45)3)44(36,43)18-17-42/h13,15,17-18,20,25-30,32-35,37-39,47,49-53H,5-12,14,16,19,21-24,46H2,1-4H3/p+1. The number of ether oxygens (including phenoxy) is 1. The second-order valence-corrected chi connectivity index (χ2v) is 20.8. The Morgan fingerprint density at radius 2 is 1.83 bits per heavy atom. The molecule has 19 unspecified atom stereocenters. The molecule has 9 heteroatoms. The number of hydrogen-bond acceptors (Lipinski definition) is 8. The van der Waals surface area contributed by atoms with Crippen molar-refractivity contribution in [1.82, 2.24) is 0 Å². The normalized spacial score (nSPS) is 55.1. The van der Waals surface area contributed by atoms with Gasteiger partial charge in [-0.2, -0.15) is 0 Å². The average molecular weight is 750 g/mol. The molecule has 9 nitrogen and oxygen atoms in total. The number of rotatable bonds is 6. The molecule has 6 fully saturated rings. The summed E-state index contributed by atoms with van der Waals surface area (Å²) < 4.78 is 6.76. The number of aliphatic hydroxyl groups excluding tert-OH is 3. The fraction of sp³-hybridized carbons (Fsp3) is 0.844. The van der Waals surface area contributed by atoms with E-state index in [1.807, 2.05) is 0 Å². The Labute approximate surface area is 322 Å². The highest BCUT2D eigenvalue weighted by molar-refractivity contribution is 5.96. The van der Waals surface area contributed by atoms with E-state index >= 15 is 0 Å². The van der Waals surface area contributed by atoms with Crippen LogP contribution in [0.3, 0.4) is 0 Å². The summed E-state index contributed by atoms with van der Waals surface area (Å²) in [6, 6.07) is 0. The van der Waals surface area contributed by atoms with Gasteiger partial charge in [-0.15, -0.1) is 0 Å². The fourth-order valence-corrected chi connectivity index (χ4v) is 15.8. The first kappa shape index (κ1) is 38.1. The van der Waals surface area contributed by atoms with Crippen LogP contribution in [-0.2, 0) is 9.53 Å². The van der Waals surface area contributed by atoms with Crippen molar-refractivity contribution in [2.45, 2.75) is 165 Å². The highest BCUT2D eigenvalue weighted by atomic mass is 16.5. The lowest BCUT2D eigenvalue weighted by molar-refractivity contribution is -0.704. The van der Waals surface area contributed by atoms with Crippen LogP contribution in [0.5, 0.6) is 0 Å². The van der Waals surface area contributed by atoms with Gasteiger partial charge >= 0.3 is 0 Å². The molecule has 10 aliphatic rings. The number of carbonyl (C=O) groups is 1. The minimum Gasteiger partial charge on any atom is -0.390 e. The number of carbonyl (C=O) groups excluding carboxylic acids is 1. The van der Waals surface area contributed by atoms with Crippen LogP contribution in [0.25, 0.3) is 0 Å². The second-order valence-electron chi connectivity index (χ2n) is 20.8. The van der Waals surface area contributed by atoms with Gasteiger partial charge in [0.1, 0.15) is 12.3 Å². The summed E-state index contributed by atoms with van der Waals surface area (Å²) in [5, 5.41) is 63.4. The predicted octanol–water partition coefficient (Wildman–Crippen LogP) is 3.66. The number of quaternary nitrogens is 1. The molecule has 2 aliphatic heterocycles. The quantitative estimate of drug-likeness (QED) is 0.202. The van der Waals surface area contributed by atoms with Crippen molar-refractivity contribution in [3.8, 4) is 0 Å². The number of piperidine rings is 1. The lowest BCUT2D eigenvalue weighted by atomic mass is 9.33. The maximum atomic E-state index is 14.6. The molecule has 10 rings (SSSR count). The number of nitrogens with two attached hydrogens (primary N) is 2. The molecule has 9 N–H and O–H groups in total. The molecule has 2 saturated heterocycles. The van der Waals surface area contributed by atoms with Crippen molar-refractivity contribution < 1.29 is 40.4 Å². The average Bonchev–Trinajstić information content (AvgIpc) is 3.36. The van der Waals surface area contributed by atoms with E-state index in [9.17, 15) is 30.3 Å². The zero-order chi connectivity index (χ0) is 38.2. The van der Waals surface area contributed by atoms with E-state index in [2.05, 4.69) is 50.4 Å². The minimum absolute atomic E-state index is 0.0607. The molecule has 0 aromatic carbocycles. The van der Waals surface area contributed by atoms with Gasteiger partial charge in [0.2, 0.25) is 0 Å². The van der Waals surface area contributed by atoms with Crippen molar-refractivity contribution in [2.75, 3.05) is 6.54 Å². The van der Waals surface area contributed by atoms with Gasteiger partial charge in [-0.05, 0) is 118 Å². The maximum Gasteiger partial charge on any atom is 0.159 e. The molecule has 2 spiro atoms. The Morgan fingerprint density at radius 3 is 2.57 bits per heavy atom. The summed E-state index contributed by atoms with van der Waals surface area (Å²) in [6.45, 7) is 9.21. The van der Waals surface area contributed by atoms with Gasteiger partial charge in [0.25, 0.3) is 0 Å². The number of hydrogen-bond donors (Lipinski definition) is 7. The number of allylic oxidation sites excluding steroid dienone is 5. The molecule has 54 heavy (non-hydrogen) atoms. The van der Waals surface area contributed by atoms with Crippen LogP contribution >= 0.6 is 0 Å². The SMILES string of the molecule is CCCC1CCC2OC(C(O)C(C)(O)C3CCC4(O)C5=CC(=O)C6CC(O)C(O)CC67CC6(C8CCC(N)[NH2+]C8)C=CC(CC34C)C57C=C6)C(C)C2CC1. The van der Waals surface area contributed by atoms with E-state index in [1.165, 1.54) is 19.3 Å². The van der Waals surface area contributed by atoms with E-state index in [-0.39, 0.29) is 41.7 Å². The Balaban J connectivity index is 1.09. The maximum absolute atomic E-state index is 14.6. The summed E-state index contributed by atoms with van der Waals surface area (Å²) in [4.78, 5) is 14.6. The van der Waals surface area contributed by atoms with Crippen LogP contribution in [0.15, 0.2) is 36.0 Å². The topological polar surface area (TPSA) is 170 Å².